The summed E-state index contributed by atoms with van der Waals surface area (Å²) in [6.07, 6.45) is -0.943. The summed E-state index contributed by atoms with van der Waals surface area (Å²) in [4.78, 5) is 9.95. The first-order valence-electron chi connectivity index (χ1n) is 8.70. The predicted octanol–water partition coefficient (Wildman–Crippen LogP) is 1.92. The molecule has 1 unspecified atom stereocenters. The van der Waals surface area contributed by atoms with E-state index >= 15 is 0 Å². The molecule has 0 saturated carbocycles. The monoisotopic (exact) mass is 399 g/mol. The number of aliphatic imine (C=N–C) groups is 1. The van der Waals surface area contributed by atoms with Crippen LogP contribution >= 0.6 is 0 Å². The van der Waals surface area contributed by atoms with Gasteiger partial charge in [-0.1, -0.05) is 0 Å². The summed E-state index contributed by atoms with van der Waals surface area (Å²) in [6.45, 7) is 1.05. The van der Waals surface area contributed by atoms with Crippen molar-refractivity contribution in [3.8, 4) is 0 Å². The SMILES string of the molecule is CN=C(NCc1cn(C)nc1C(F)(F)F)NC1CCN(c2ncccc2F)C1. The maximum Gasteiger partial charge on any atom is 0.435 e. The van der Waals surface area contributed by atoms with Gasteiger partial charge in [0.1, 0.15) is 0 Å². The Kier molecular flexibility index (Phi) is 5.71. The van der Waals surface area contributed by atoms with Crippen LogP contribution in [0.4, 0.5) is 23.4 Å². The van der Waals surface area contributed by atoms with Gasteiger partial charge in [-0.3, -0.25) is 9.67 Å². The van der Waals surface area contributed by atoms with E-state index in [1.807, 2.05) is 4.90 Å². The first-order valence-corrected chi connectivity index (χ1v) is 8.70. The molecule has 1 saturated heterocycles. The molecule has 0 aliphatic carbocycles. The Morgan fingerprint density at radius 2 is 2.18 bits per heavy atom. The van der Waals surface area contributed by atoms with Crippen LogP contribution in [0.1, 0.15) is 17.7 Å². The second-order valence-electron chi connectivity index (χ2n) is 6.48. The minimum absolute atomic E-state index is 0.0292. The third-order valence-corrected chi connectivity index (χ3v) is 4.41. The lowest BCUT2D eigenvalue weighted by atomic mass is 10.2. The maximum absolute atomic E-state index is 13.9. The summed E-state index contributed by atoms with van der Waals surface area (Å²) >= 11 is 0. The van der Waals surface area contributed by atoms with E-state index in [-0.39, 0.29) is 24.0 Å². The fraction of sp³-hybridized carbons (Fsp3) is 0.471. The van der Waals surface area contributed by atoms with Crippen molar-refractivity contribution in [2.24, 2.45) is 12.0 Å². The number of halogens is 4. The molecule has 0 bridgehead atoms. The van der Waals surface area contributed by atoms with Crippen molar-refractivity contribution < 1.29 is 17.6 Å². The third-order valence-electron chi connectivity index (χ3n) is 4.41. The minimum atomic E-state index is -4.52. The van der Waals surface area contributed by atoms with Gasteiger partial charge in [-0.25, -0.2) is 9.37 Å². The lowest BCUT2D eigenvalue weighted by molar-refractivity contribution is -0.142. The van der Waals surface area contributed by atoms with Crippen LogP contribution in [0.5, 0.6) is 0 Å². The molecule has 1 atom stereocenters. The predicted molar refractivity (Wildman–Crippen MR) is 96.4 cm³/mol. The Morgan fingerprint density at radius 1 is 1.39 bits per heavy atom. The molecule has 28 heavy (non-hydrogen) atoms. The van der Waals surface area contributed by atoms with Crippen molar-refractivity contribution in [1.29, 1.82) is 0 Å². The molecule has 7 nitrogen and oxygen atoms in total. The number of alkyl halides is 3. The number of rotatable bonds is 4. The van der Waals surface area contributed by atoms with Gasteiger partial charge < -0.3 is 15.5 Å². The van der Waals surface area contributed by atoms with E-state index in [2.05, 4.69) is 25.7 Å². The zero-order valence-electron chi connectivity index (χ0n) is 15.5. The summed E-state index contributed by atoms with van der Waals surface area (Å²) in [5.41, 5.74) is -0.892. The fourth-order valence-corrected chi connectivity index (χ4v) is 3.15. The molecule has 2 N–H and O–H groups in total. The molecule has 1 fully saturated rings. The average molecular weight is 399 g/mol. The number of guanidine groups is 1. The standard InChI is InChI=1S/C17H21F4N7/c1-22-16(24-8-11-9-27(2)26-14(11)17(19,20)21)25-12-5-7-28(10-12)15-13(18)4-3-6-23-15/h3-4,6,9,12H,5,7-8,10H2,1-2H3,(H2,22,24,25). The summed E-state index contributed by atoms with van der Waals surface area (Å²) < 4.78 is 54.1. The lowest BCUT2D eigenvalue weighted by Gasteiger charge is -2.20. The summed E-state index contributed by atoms with van der Waals surface area (Å²) in [6, 6.07) is 2.85. The average Bonchev–Trinajstić information content (AvgIpc) is 3.25. The minimum Gasteiger partial charge on any atom is -0.352 e. The van der Waals surface area contributed by atoms with Crippen LogP contribution in [-0.2, 0) is 19.8 Å². The number of hydrogen-bond acceptors (Lipinski definition) is 4. The Morgan fingerprint density at radius 3 is 2.86 bits per heavy atom. The smallest absolute Gasteiger partial charge is 0.352 e. The first kappa shape index (κ1) is 19.9. The molecule has 0 aromatic carbocycles. The highest BCUT2D eigenvalue weighted by molar-refractivity contribution is 5.80. The van der Waals surface area contributed by atoms with E-state index in [1.54, 1.807) is 0 Å². The van der Waals surface area contributed by atoms with E-state index in [0.717, 1.165) is 11.1 Å². The highest BCUT2D eigenvalue weighted by atomic mass is 19.4. The molecule has 2 aromatic heterocycles. The Bertz CT molecular complexity index is 846. The van der Waals surface area contributed by atoms with Crippen LogP contribution in [0.2, 0.25) is 0 Å². The van der Waals surface area contributed by atoms with Crippen LogP contribution in [-0.4, -0.2) is 46.9 Å². The van der Waals surface area contributed by atoms with Gasteiger partial charge in [-0.2, -0.15) is 18.3 Å². The number of hydrogen-bond donors (Lipinski definition) is 2. The van der Waals surface area contributed by atoms with Gasteiger partial charge in [0, 0.05) is 57.7 Å². The quantitative estimate of drug-likeness (QED) is 0.467. The Hall–Kier alpha value is -2.85. The molecule has 1 aliphatic rings. The molecule has 2 aromatic rings. The lowest BCUT2D eigenvalue weighted by Crippen LogP contribution is -2.44. The highest BCUT2D eigenvalue weighted by Gasteiger charge is 2.36. The maximum atomic E-state index is 13.9. The molecule has 152 valence electrons. The number of aromatic nitrogens is 3. The van der Waals surface area contributed by atoms with Crippen LogP contribution in [0.15, 0.2) is 29.5 Å². The fourth-order valence-electron chi connectivity index (χ4n) is 3.15. The zero-order valence-corrected chi connectivity index (χ0v) is 15.5. The normalized spacial score (nSPS) is 17.9. The summed E-state index contributed by atoms with van der Waals surface area (Å²) in [7, 11) is 2.98. The number of nitrogens with one attached hydrogen (secondary N) is 2. The van der Waals surface area contributed by atoms with Crippen LogP contribution in [0.25, 0.3) is 0 Å². The van der Waals surface area contributed by atoms with Gasteiger partial charge in [-0.05, 0) is 18.6 Å². The Labute approximate surface area is 159 Å². The van der Waals surface area contributed by atoms with E-state index < -0.39 is 11.9 Å². The molecule has 0 spiro atoms. The van der Waals surface area contributed by atoms with Gasteiger partial charge >= 0.3 is 6.18 Å². The largest absolute Gasteiger partial charge is 0.435 e. The molecule has 1 aliphatic heterocycles. The van der Waals surface area contributed by atoms with Crippen molar-refractivity contribution in [2.45, 2.75) is 25.2 Å². The van der Waals surface area contributed by atoms with Crippen molar-refractivity contribution >= 4 is 11.8 Å². The van der Waals surface area contributed by atoms with Gasteiger partial charge in [0.05, 0.1) is 0 Å². The van der Waals surface area contributed by atoms with E-state index in [0.29, 0.717) is 24.9 Å². The highest BCUT2D eigenvalue weighted by Crippen LogP contribution is 2.30. The summed E-state index contributed by atoms with van der Waals surface area (Å²) in [5.74, 6) is 0.271. The van der Waals surface area contributed by atoms with Crippen molar-refractivity contribution in [3.63, 3.8) is 0 Å². The van der Waals surface area contributed by atoms with Crippen molar-refractivity contribution in [3.05, 3.63) is 41.6 Å². The molecule has 0 amide bonds. The molecule has 3 heterocycles. The second kappa shape index (κ2) is 8.03. The van der Waals surface area contributed by atoms with Gasteiger partial charge in [0.15, 0.2) is 23.3 Å². The van der Waals surface area contributed by atoms with Crippen LogP contribution in [0, 0.1) is 5.82 Å². The molecular weight excluding hydrogens is 378 g/mol. The number of pyridine rings is 1. The van der Waals surface area contributed by atoms with Crippen LogP contribution in [0.3, 0.4) is 0 Å². The van der Waals surface area contributed by atoms with E-state index in [4.69, 9.17) is 0 Å². The van der Waals surface area contributed by atoms with Gasteiger partial charge in [0.25, 0.3) is 0 Å². The number of nitrogens with zero attached hydrogens (tertiary/aromatic N) is 5. The molecule has 0 radical (unpaired) electrons. The van der Waals surface area contributed by atoms with E-state index in [9.17, 15) is 17.6 Å². The van der Waals surface area contributed by atoms with Crippen molar-refractivity contribution in [1.82, 2.24) is 25.4 Å². The van der Waals surface area contributed by atoms with Gasteiger partial charge in [0.2, 0.25) is 0 Å². The number of aryl methyl sites for hydroxylation is 1. The second-order valence-corrected chi connectivity index (χ2v) is 6.48. The molecule has 11 heteroatoms. The number of anilines is 1. The topological polar surface area (TPSA) is 70.4 Å². The third kappa shape index (κ3) is 4.52. The summed E-state index contributed by atoms with van der Waals surface area (Å²) in [5, 5.41) is 9.52. The molecular formula is C17H21F4N7. The van der Waals surface area contributed by atoms with Gasteiger partial charge in [-0.15, -0.1) is 0 Å². The first-order chi connectivity index (χ1) is 13.3. The van der Waals surface area contributed by atoms with Crippen LogP contribution < -0.4 is 15.5 Å². The zero-order chi connectivity index (χ0) is 20.3. The van der Waals surface area contributed by atoms with Crippen molar-refractivity contribution in [2.75, 3.05) is 25.0 Å². The van der Waals surface area contributed by atoms with E-state index in [1.165, 1.54) is 38.6 Å². The molecule has 3 rings (SSSR count). The Balaban J connectivity index is 1.58.